The van der Waals surface area contributed by atoms with Crippen molar-refractivity contribution < 1.29 is 4.79 Å². The topological polar surface area (TPSA) is 59.8 Å². The van der Waals surface area contributed by atoms with E-state index in [2.05, 4.69) is 27.6 Å². The Hall–Kier alpha value is -2.31. The second-order valence-corrected chi connectivity index (χ2v) is 7.18. The molecule has 0 unspecified atom stereocenters. The van der Waals surface area contributed by atoms with Gasteiger partial charge in [-0.2, -0.15) is 0 Å². The standard InChI is InChI=1S/C19H19ClN4OS/c1-14-22-23-19(24(14)12-15-6-3-2-4-7-15)26-13-18(25)21-11-16-8-5-9-17(20)10-16/h2-10H,11-13H2,1H3,(H,21,25). The smallest absolute Gasteiger partial charge is 0.230 e. The van der Waals surface area contributed by atoms with E-state index in [-0.39, 0.29) is 11.7 Å². The third-order valence-corrected chi connectivity index (χ3v) is 5.00. The second-order valence-electron chi connectivity index (χ2n) is 5.80. The van der Waals surface area contributed by atoms with Crippen LogP contribution in [0.3, 0.4) is 0 Å². The minimum Gasteiger partial charge on any atom is -0.351 e. The molecule has 0 aliphatic carbocycles. The largest absolute Gasteiger partial charge is 0.351 e. The van der Waals surface area contributed by atoms with Crippen molar-refractivity contribution in [3.8, 4) is 0 Å². The monoisotopic (exact) mass is 386 g/mol. The highest BCUT2D eigenvalue weighted by atomic mass is 35.5. The van der Waals surface area contributed by atoms with E-state index in [0.717, 1.165) is 16.5 Å². The van der Waals surface area contributed by atoms with Crippen LogP contribution in [0.5, 0.6) is 0 Å². The maximum Gasteiger partial charge on any atom is 0.230 e. The van der Waals surface area contributed by atoms with Gasteiger partial charge in [0.25, 0.3) is 0 Å². The van der Waals surface area contributed by atoms with Crippen molar-refractivity contribution in [2.45, 2.75) is 25.2 Å². The highest BCUT2D eigenvalue weighted by molar-refractivity contribution is 7.99. The first kappa shape index (κ1) is 18.5. The fraction of sp³-hybridized carbons (Fsp3) is 0.211. The zero-order valence-corrected chi connectivity index (χ0v) is 15.9. The Kier molecular flexibility index (Phi) is 6.30. The molecule has 1 N–H and O–H groups in total. The van der Waals surface area contributed by atoms with Gasteiger partial charge in [0.2, 0.25) is 5.91 Å². The van der Waals surface area contributed by atoms with Gasteiger partial charge in [0.15, 0.2) is 5.16 Å². The van der Waals surface area contributed by atoms with Crippen molar-refractivity contribution in [3.05, 3.63) is 76.6 Å². The van der Waals surface area contributed by atoms with Crippen LogP contribution in [0.15, 0.2) is 59.8 Å². The van der Waals surface area contributed by atoms with Crippen molar-refractivity contribution >= 4 is 29.3 Å². The number of nitrogens with one attached hydrogen (secondary N) is 1. The predicted octanol–water partition coefficient (Wildman–Crippen LogP) is 3.70. The summed E-state index contributed by atoms with van der Waals surface area (Å²) in [7, 11) is 0. The number of nitrogens with zero attached hydrogens (tertiary/aromatic N) is 3. The summed E-state index contributed by atoms with van der Waals surface area (Å²) in [6.45, 7) is 3.06. The maximum absolute atomic E-state index is 12.1. The lowest BCUT2D eigenvalue weighted by atomic mass is 10.2. The van der Waals surface area contributed by atoms with Crippen molar-refractivity contribution in [3.63, 3.8) is 0 Å². The molecule has 0 saturated heterocycles. The first-order chi connectivity index (χ1) is 12.6. The highest BCUT2D eigenvalue weighted by Crippen LogP contribution is 2.18. The molecule has 0 bridgehead atoms. The normalized spacial score (nSPS) is 10.7. The number of amides is 1. The number of aryl methyl sites for hydroxylation is 1. The third-order valence-electron chi connectivity index (χ3n) is 3.80. The Labute approximate surface area is 161 Å². The van der Waals surface area contributed by atoms with E-state index in [4.69, 9.17) is 11.6 Å². The number of hydrogen-bond donors (Lipinski definition) is 1. The van der Waals surface area contributed by atoms with Crippen LogP contribution in [-0.4, -0.2) is 26.4 Å². The molecule has 5 nitrogen and oxygen atoms in total. The van der Waals surface area contributed by atoms with E-state index >= 15 is 0 Å². The first-order valence-corrected chi connectivity index (χ1v) is 9.56. The quantitative estimate of drug-likeness (QED) is 0.629. The lowest BCUT2D eigenvalue weighted by Gasteiger charge is -2.09. The Morgan fingerprint density at radius 1 is 1.12 bits per heavy atom. The minimum atomic E-state index is -0.0538. The number of carbonyl (C=O) groups is 1. The highest BCUT2D eigenvalue weighted by Gasteiger charge is 2.12. The van der Waals surface area contributed by atoms with Gasteiger partial charge in [-0.15, -0.1) is 10.2 Å². The summed E-state index contributed by atoms with van der Waals surface area (Å²) >= 11 is 7.34. The molecular weight excluding hydrogens is 368 g/mol. The van der Waals surface area contributed by atoms with Crippen LogP contribution in [0, 0.1) is 6.92 Å². The van der Waals surface area contributed by atoms with E-state index in [9.17, 15) is 4.79 Å². The van der Waals surface area contributed by atoms with Gasteiger partial charge in [-0.3, -0.25) is 4.79 Å². The van der Waals surface area contributed by atoms with E-state index < -0.39 is 0 Å². The Morgan fingerprint density at radius 2 is 1.88 bits per heavy atom. The number of halogens is 1. The van der Waals surface area contributed by atoms with E-state index in [1.165, 1.54) is 17.3 Å². The van der Waals surface area contributed by atoms with Crippen molar-refractivity contribution in [2.75, 3.05) is 5.75 Å². The van der Waals surface area contributed by atoms with Crippen LogP contribution in [0.2, 0.25) is 5.02 Å². The summed E-state index contributed by atoms with van der Waals surface area (Å²) in [4.78, 5) is 12.1. The van der Waals surface area contributed by atoms with Gasteiger partial charge >= 0.3 is 0 Å². The van der Waals surface area contributed by atoms with Crippen LogP contribution in [-0.2, 0) is 17.9 Å². The minimum absolute atomic E-state index is 0.0538. The van der Waals surface area contributed by atoms with Gasteiger partial charge in [0.05, 0.1) is 12.3 Å². The predicted molar refractivity (Wildman–Crippen MR) is 104 cm³/mol. The lowest BCUT2D eigenvalue weighted by Crippen LogP contribution is -2.24. The molecule has 3 rings (SSSR count). The molecule has 0 fully saturated rings. The molecule has 1 amide bonds. The molecule has 2 aromatic carbocycles. The Bertz CT molecular complexity index is 882. The molecule has 0 saturated carbocycles. The SMILES string of the molecule is Cc1nnc(SCC(=O)NCc2cccc(Cl)c2)n1Cc1ccccc1. The molecular formula is C19H19ClN4OS. The molecule has 0 spiro atoms. The van der Waals surface area contributed by atoms with Gasteiger partial charge < -0.3 is 9.88 Å². The van der Waals surface area contributed by atoms with Crippen LogP contribution in [0.25, 0.3) is 0 Å². The van der Waals surface area contributed by atoms with E-state index in [1.807, 2.05) is 54.0 Å². The van der Waals surface area contributed by atoms with Crippen molar-refractivity contribution in [1.29, 1.82) is 0 Å². The fourth-order valence-corrected chi connectivity index (χ4v) is 3.47. The van der Waals surface area contributed by atoms with Crippen LogP contribution < -0.4 is 5.32 Å². The van der Waals surface area contributed by atoms with Crippen molar-refractivity contribution in [2.24, 2.45) is 0 Å². The number of aromatic nitrogens is 3. The van der Waals surface area contributed by atoms with Crippen LogP contribution >= 0.6 is 23.4 Å². The number of benzene rings is 2. The molecule has 7 heteroatoms. The maximum atomic E-state index is 12.1. The van der Waals surface area contributed by atoms with E-state index in [1.54, 1.807) is 0 Å². The Balaban J connectivity index is 1.55. The number of carbonyl (C=O) groups excluding carboxylic acids is 1. The first-order valence-electron chi connectivity index (χ1n) is 8.19. The van der Waals surface area contributed by atoms with E-state index in [0.29, 0.717) is 18.1 Å². The molecule has 1 aromatic heterocycles. The number of thioether (sulfide) groups is 1. The average Bonchev–Trinajstić information content (AvgIpc) is 2.99. The van der Waals surface area contributed by atoms with Gasteiger partial charge in [0, 0.05) is 11.6 Å². The summed E-state index contributed by atoms with van der Waals surface area (Å²) in [6, 6.07) is 17.6. The molecule has 0 aliphatic rings. The fourth-order valence-electron chi connectivity index (χ4n) is 2.45. The van der Waals surface area contributed by atoms with Crippen molar-refractivity contribution in [1.82, 2.24) is 20.1 Å². The molecule has 134 valence electrons. The summed E-state index contributed by atoms with van der Waals surface area (Å²) in [6.07, 6.45) is 0. The zero-order chi connectivity index (χ0) is 18.4. The summed E-state index contributed by atoms with van der Waals surface area (Å²) in [5, 5.41) is 12.6. The Morgan fingerprint density at radius 3 is 2.65 bits per heavy atom. The lowest BCUT2D eigenvalue weighted by molar-refractivity contribution is -0.118. The molecule has 0 aliphatic heterocycles. The molecule has 0 radical (unpaired) electrons. The summed E-state index contributed by atoms with van der Waals surface area (Å²) in [5.41, 5.74) is 2.14. The van der Waals surface area contributed by atoms with Gasteiger partial charge in [-0.25, -0.2) is 0 Å². The third kappa shape index (κ3) is 5.09. The van der Waals surface area contributed by atoms with Gasteiger partial charge in [-0.1, -0.05) is 65.8 Å². The second kappa shape index (κ2) is 8.87. The molecule has 26 heavy (non-hydrogen) atoms. The van der Waals surface area contributed by atoms with Crippen LogP contribution in [0.1, 0.15) is 17.0 Å². The number of rotatable bonds is 7. The van der Waals surface area contributed by atoms with Crippen LogP contribution in [0.4, 0.5) is 0 Å². The molecule has 3 aromatic rings. The van der Waals surface area contributed by atoms with Gasteiger partial charge in [-0.05, 0) is 30.2 Å². The van der Waals surface area contributed by atoms with Gasteiger partial charge in [0.1, 0.15) is 5.82 Å². The zero-order valence-electron chi connectivity index (χ0n) is 14.4. The molecule has 0 atom stereocenters. The summed E-state index contributed by atoms with van der Waals surface area (Å²) in [5.74, 6) is 1.06. The molecule has 1 heterocycles. The number of hydrogen-bond acceptors (Lipinski definition) is 4. The average molecular weight is 387 g/mol. The summed E-state index contributed by atoms with van der Waals surface area (Å²) < 4.78 is 2.02.